The van der Waals surface area contributed by atoms with Crippen molar-refractivity contribution in [3.8, 4) is 11.4 Å². The summed E-state index contributed by atoms with van der Waals surface area (Å²) in [6.45, 7) is 4.76. The first-order chi connectivity index (χ1) is 14.6. The summed E-state index contributed by atoms with van der Waals surface area (Å²) in [7, 11) is 0. The van der Waals surface area contributed by atoms with Gasteiger partial charge in [0, 0.05) is 16.6 Å². The lowest BCUT2D eigenvalue weighted by Gasteiger charge is -2.15. The Morgan fingerprint density at radius 1 is 1.16 bits per heavy atom. The minimum absolute atomic E-state index is 0.0988. The molecule has 0 fully saturated rings. The highest BCUT2D eigenvalue weighted by Crippen LogP contribution is 2.36. The van der Waals surface area contributed by atoms with E-state index in [1.807, 2.05) is 34.9 Å². The Kier molecular flexibility index (Phi) is 7.42. The lowest BCUT2D eigenvalue weighted by Crippen LogP contribution is -2.18. The molecule has 1 heterocycles. The van der Waals surface area contributed by atoms with Crippen LogP contribution in [-0.4, -0.2) is 26.4 Å². The first kappa shape index (κ1) is 23.3. The number of hydrogen-bond donors (Lipinski definition) is 1. The zero-order valence-corrected chi connectivity index (χ0v) is 19.2. The summed E-state index contributed by atoms with van der Waals surface area (Å²) < 4.78 is 42.0. The van der Waals surface area contributed by atoms with E-state index >= 15 is 0 Å². The average molecular weight is 513 g/mol. The van der Waals surface area contributed by atoms with E-state index in [0.29, 0.717) is 23.4 Å². The largest absolute Gasteiger partial charge is 0.418 e. The third kappa shape index (κ3) is 6.10. The van der Waals surface area contributed by atoms with E-state index in [-0.39, 0.29) is 15.9 Å². The first-order valence-corrected chi connectivity index (χ1v) is 11.2. The van der Waals surface area contributed by atoms with Crippen LogP contribution in [0.1, 0.15) is 19.4 Å². The van der Waals surface area contributed by atoms with Gasteiger partial charge in [-0.15, -0.1) is 10.2 Å². The van der Waals surface area contributed by atoms with Gasteiger partial charge in [-0.05, 0) is 24.1 Å². The number of aromatic nitrogens is 3. The zero-order valence-electron chi connectivity index (χ0n) is 16.8. The summed E-state index contributed by atoms with van der Waals surface area (Å²) in [5.41, 5.74) is -0.291. The van der Waals surface area contributed by atoms with Crippen LogP contribution in [0.25, 0.3) is 11.4 Å². The van der Waals surface area contributed by atoms with Crippen molar-refractivity contribution in [2.75, 3.05) is 11.1 Å². The number of anilines is 1. The van der Waals surface area contributed by atoms with Gasteiger partial charge < -0.3 is 9.88 Å². The molecule has 5 nitrogen and oxygen atoms in total. The summed E-state index contributed by atoms with van der Waals surface area (Å²) in [6, 6.07) is 13.2. The molecule has 1 N–H and O–H groups in total. The highest BCUT2D eigenvalue weighted by atomic mass is 79.9. The number of carbonyl (C=O) groups is 1. The molecule has 0 unspecified atom stereocenters. The van der Waals surface area contributed by atoms with Gasteiger partial charge in [0.05, 0.1) is 17.0 Å². The fraction of sp³-hybridized carbons (Fsp3) is 0.286. The molecule has 3 rings (SSSR count). The zero-order chi connectivity index (χ0) is 22.6. The lowest BCUT2D eigenvalue weighted by molar-refractivity contribution is -0.137. The average Bonchev–Trinajstić information content (AvgIpc) is 3.09. The third-order valence-corrected chi connectivity index (χ3v) is 5.65. The smallest absolute Gasteiger partial charge is 0.325 e. The molecule has 0 aliphatic heterocycles. The molecule has 0 spiro atoms. The monoisotopic (exact) mass is 512 g/mol. The van der Waals surface area contributed by atoms with Gasteiger partial charge in [0.15, 0.2) is 11.0 Å². The number of nitrogens with one attached hydrogen (secondary N) is 1. The van der Waals surface area contributed by atoms with Crippen LogP contribution in [0, 0.1) is 5.92 Å². The van der Waals surface area contributed by atoms with E-state index in [2.05, 4.69) is 45.3 Å². The molecular weight excluding hydrogens is 493 g/mol. The number of alkyl halides is 3. The minimum Gasteiger partial charge on any atom is -0.325 e. The van der Waals surface area contributed by atoms with Crippen LogP contribution in [0.3, 0.4) is 0 Å². The normalized spacial score (nSPS) is 11.7. The van der Waals surface area contributed by atoms with Crippen LogP contribution in [0.5, 0.6) is 0 Å². The molecule has 0 saturated carbocycles. The van der Waals surface area contributed by atoms with E-state index < -0.39 is 17.6 Å². The number of thioether (sulfide) groups is 1. The minimum atomic E-state index is -4.58. The summed E-state index contributed by atoms with van der Waals surface area (Å²) in [6.07, 6.45) is -4.58. The summed E-state index contributed by atoms with van der Waals surface area (Å²) in [5.74, 6) is 0.338. The molecular formula is C21H20BrF3N4OS. The number of hydrogen-bond acceptors (Lipinski definition) is 4. The van der Waals surface area contributed by atoms with Crippen LogP contribution in [-0.2, 0) is 17.5 Å². The number of halogens is 4. The quantitative estimate of drug-likeness (QED) is 0.387. The maximum Gasteiger partial charge on any atom is 0.418 e. The van der Waals surface area contributed by atoms with Gasteiger partial charge in [0.2, 0.25) is 5.91 Å². The molecule has 0 bridgehead atoms. The maximum atomic E-state index is 13.3. The predicted octanol–water partition coefficient (Wildman–Crippen LogP) is 6.11. The number of rotatable bonds is 7. The molecule has 0 atom stereocenters. The highest BCUT2D eigenvalue weighted by molar-refractivity contribution is 9.10. The molecule has 0 aliphatic rings. The van der Waals surface area contributed by atoms with Crippen molar-refractivity contribution in [3.63, 3.8) is 0 Å². The lowest BCUT2D eigenvalue weighted by atomic mass is 10.1. The number of benzene rings is 2. The molecule has 0 aliphatic carbocycles. The molecule has 1 aromatic heterocycles. The Balaban J connectivity index is 1.76. The fourth-order valence-corrected chi connectivity index (χ4v) is 4.01. The van der Waals surface area contributed by atoms with Gasteiger partial charge in [-0.2, -0.15) is 13.2 Å². The Labute approximate surface area is 190 Å². The van der Waals surface area contributed by atoms with E-state index in [0.717, 1.165) is 23.4 Å². The van der Waals surface area contributed by atoms with Crippen LogP contribution in [0.2, 0.25) is 0 Å². The molecule has 2 aromatic carbocycles. The van der Waals surface area contributed by atoms with Crippen LogP contribution in [0.4, 0.5) is 18.9 Å². The van der Waals surface area contributed by atoms with Crippen molar-refractivity contribution in [3.05, 3.63) is 58.6 Å². The van der Waals surface area contributed by atoms with Crippen LogP contribution >= 0.6 is 27.7 Å². The van der Waals surface area contributed by atoms with Crippen molar-refractivity contribution < 1.29 is 18.0 Å². The second-order valence-electron chi connectivity index (χ2n) is 7.20. The van der Waals surface area contributed by atoms with Gasteiger partial charge in [-0.3, -0.25) is 4.79 Å². The predicted molar refractivity (Wildman–Crippen MR) is 119 cm³/mol. The van der Waals surface area contributed by atoms with Gasteiger partial charge >= 0.3 is 6.18 Å². The highest BCUT2D eigenvalue weighted by Gasteiger charge is 2.34. The number of amides is 1. The van der Waals surface area contributed by atoms with Gasteiger partial charge in [0.25, 0.3) is 0 Å². The number of nitrogens with zero attached hydrogens (tertiary/aromatic N) is 3. The Morgan fingerprint density at radius 3 is 2.52 bits per heavy atom. The Hall–Kier alpha value is -2.33. The van der Waals surface area contributed by atoms with E-state index in [1.54, 1.807) is 0 Å². The molecule has 0 radical (unpaired) electrons. The van der Waals surface area contributed by atoms with Crippen LogP contribution in [0.15, 0.2) is 58.2 Å². The number of carbonyl (C=O) groups excluding carboxylic acids is 1. The molecule has 0 saturated heterocycles. The molecule has 10 heteroatoms. The maximum absolute atomic E-state index is 13.3. The summed E-state index contributed by atoms with van der Waals surface area (Å²) in [5, 5.41) is 11.4. The van der Waals surface area contributed by atoms with E-state index in [1.165, 1.54) is 12.1 Å². The molecule has 1 amide bonds. The van der Waals surface area contributed by atoms with Gasteiger partial charge in [-0.25, -0.2) is 0 Å². The summed E-state index contributed by atoms with van der Waals surface area (Å²) in [4.78, 5) is 12.4. The van der Waals surface area contributed by atoms with Crippen molar-refractivity contribution >= 4 is 39.3 Å². The van der Waals surface area contributed by atoms with Crippen molar-refractivity contribution in [2.45, 2.75) is 31.7 Å². The molecule has 164 valence electrons. The second kappa shape index (κ2) is 9.86. The Bertz CT molecular complexity index is 1050. The Morgan fingerprint density at radius 2 is 1.87 bits per heavy atom. The van der Waals surface area contributed by atoms with Crippen molar-refractivity contribution in [1.29, 1.82) is 0 Å². The molecule has 31 heavy (non-hydrogen) atoms. The molecule has 3 aromatic rings. The van der Waals surface area contributed by atoms with Crippen LogP contribution < -0.4 is 5.32 Å². The standard InChI is InChI=1S/C21H20BrF3N4OS/c1-13(2)11-29-19(14-6-4-3-5-7-14)27-28-20(29)31-12-18(30)26-17-9-8-15(22)10-16(17)21(23,24)25/h3-10,13H,11-12H2,1-2H3,(H,26,30). The SMILES string of the molecule is CC(C)Cn1c(SCC(=O)Nc2ccc(Br)cc2C(F)(F)F)nnc1-c1ccccc1. The van der Waals surface area contributed by atoms with Gasteiger partial charge in [0.1, 0.15) is 0 Å². The van der Waals surface area contributed by atoms with Gasteiger partial charge in [-0.1, -0.05) is 71.9 Å². The third-order valence-electron chi connectivity index (χ3n) is 4.19. The van der Waals surface area contributed by atoms with E-state index in [9.17, 15) is 18.0 Å². The van der Waals surface area contributed by atoms with Crippen molar-refractivity contribution in [2.24, 2.45) is 5.92 Å². The topological polar surface area (TPSA) is 59.8 Å². The first-order valence-electron chi connectivity index (χ1n) is 9.43. The summed E-state index contributed by atoms with van der Waals surface area (Å²) >= 11 is 4.17. The van der Waals surface area contributed by atoms with Crippen molar-refractivity contribution in [1.82, 2.24) is 14.8 Å². The second-order valence-corrected chi connectivity index (χ2v) is 9.06. The van der Waals surface area contributed by atoms with E-state index in [4.69, 9.17) is 0 Å². The fourth-order valence-electron chi connectivity index (χ4n) is 2.90.